The highest BCUT2D eigenvalue weighted by Crippen LogP contribution is 2.38. The summed E-state index contributed by atoms with van der Waals surface area (Å²) in [6, 6.07) is 17.6. The molecular formula is C36H49N3O4S2. The van der Waals surface area contributed by atoms with Crippen molar-refractivity contribution in [3.8, 4) is 5.75 Å². The number of anilines is 2. The standard InChI is InChI=1S/C36H49N3O4S2/c1-21(2)26-16-29(22(3)4)33(30(17-26)23(5)6)20-34(40)39-45(41,42)43-35-31(24(7)8)18-28(19-32(35)25(9)10)38-36(44)37-27-14-12-11-13-15-27/h11-19,21-25H,20H2,1-10H3,(H,39,40)(H2,37,38,44). The van der Waals surface area contributed by atoms with Gasteiger partial charge in [-0.15, -0.1) is 0 Å². The third-order valence-electron chi connectivity index (χ3n) is 7.70. The molecule has 0 saturated carbocycles. The predicted octanol–water partition coefficient (Wildman–Crippen LogP) is 9.10. The molecule has 0 radical (unpaired) electrons. The summed E-state index contributed by atoms with van der Waals surface area (Å²) in [4.78, 5) is 13.3. The van der Waals surface area contributed by atoms with Crippen LogP contribution >= 0.6 is 12.2 Å². The van der Waals surface area contributed by atoms with Gasteiger partial charge in [-0.1, -0.05) is 99.6 Å². The van der Waals surface area contributed by atoms with Crippen molar-refractivity contribution in [2.24, 2.45) is 0 Å². The number of carbonyl (C=O) groups is 1. The zero-order chi connectivity index (χ0) is 33.6. The molecule has 0 aliphatic carbocycles. The number of benzene rings is 3. The number of rotatable bonds is 12. The maximum Gasteiger partial charge on any atom is 0.409 e. The summed E-state index contributed by atoms with van der Waals surface area (Å²) < 4.78 is 34.7. The van der Waals surface area contributed by atoms with E-state index in [0.29, 0.717) is 27.8 Å². The van der Waals surface area contributed by atoms with Gasteiger partial charge in [0.15, 0.2) is 10.9 Å². The molecule has 0 heterocycles. The molecule has 3 N–H and O–H groups in total. The lowest BCUT2D eigenvalue weighted by molar-refractivity contribution is -0.118. The minimum absolute atomic E-state index is 0.0647. The Hall–Kier alpha value is -3.43. The highest BCUT2D eigenvalue weighted by atomic mass is 32.2. The van der Waals surface area contributed by atoms with E-state index in [1.807, 2.05) is 70.2 Å². The van der Waals surface area contributed by atoms with E-state index in [1.165, 1.54) is 5.56 Å². The van der Waals surface area contributed by atoms with Crippen LogP contribution in [0.4, 0.5) is 11.4 Å². The zero-order valence-corrected chi connectivity index (χ0v) is 29.9. The van der Waals surface area contributed by atoms with Gasteiger partial charge in [0.25, 0.3) is 0 Å². The van der Waals surface area contributed by atoms with Crippen molar-refractivity contribution >= 4 is 44.9 Å². The first-order valence-electron chi connectivity index (χ1n) is 15.7. The second kappa shape index (κ2) is 15.2. The Bertz CT molecular complexity index is 1550. The van der Waals surface area contributed by atoms with Crippen LogP contribution in [0, 0.1) is 0 Å². The van der Waals surface area contributed by atoms with Crippen molar-refractivity contribution in [1.29, 1.82) is 0 Å². The van der Waals surface area contributed by atoms with Gasteiger partial charge in [0.05, 0.1) is 6.42 Å². The summed E-state index contributed by atoms with van der Waals surface area (Å²) in [6.45, 7) is 20.5. The first-order valence-corrected chi connectivity index (χ1v) is 17.5. The lowest BCUT2D eigenvalue weighted by atomic mass is 9.83. The molecule has 0 aliphatic rings. The van der Waals surface area contributed by atoms with E-state index in [4.69, 9.17) is 16.4 Å². The number of para-hydroxylation sites is 1. The highest BCUT2D eigenvalue weighted by molar-refractivity contribution is 7.85. The molecular weight excluding hydrogens is 603 g/mol. The van der Waals surface area contributed by atoms with E-state index in [0.717, 1.165) is 22.4 Å². The molecule has 0 unspecified atom stereocenters. The number of hydrogen-bond acceptors (Lipinski definition) is 5. The molecule has 0 spiro atoms. The van der Waals surface area contributed by atoms with Crippen LogP contribution < -0.4 is 19.5 Å². The van der Waals surface area contributed by atoms with Gasteiger partial charge in [0.1, 0.15) is 0 Å². The van der Waals surface area contributed by atoms with Crippen LogP contribution in [0.15, 0.2) is 54.6 Å². The lowest BCUT2D eigenvalue weighted by Crippen LogP contribution is -2.36. The van der Waals surface area contributed by atoms with Crippen molar-refractivity contribution in [3.63, 3.8) is 0 Å². The van der Waals surface area contributed by atoms with E-state index < -0.39 is 16.2 Å². The first-order chi connectivity index (χ1) is 21.0. The summed E-state index contributed by atoms with van der Waals surface area (Å²) >= 11 is 5.53. The Morgan fingerprint density at radius 1 is 0.689 bits per heavy atom. The molecule has 0 bridgehead atoms. The van der Waals surface area contributed by atoms with Crippen molar-refractivity contribution in [1.82, 2.24) is 4.72 Å². The SMILES string of the molecule is CC(C)c1cc(C(C)C)c(CC(=O)NS(=O)(=O)Oc2c(C(C)C)cc(NC(=S)Nc3ccccc3)cc2C(C)C)c(C(C)C)c1. The molecule has 3 aromatic carbocycles. The molecule has 0 aromatic heterocycles. The second-order valence-electron chi connectivity index (χ2n) is 13.1. The summed E-state index contributed by atoms with van der Waals surface area (Å²) in [5.41, 5.74) is 7.11. The van der Waals surface area contributed by atoms with Crippen molar-refractivity contribution < 1.29 is 17.4 Å². The minimum atomic E-state index is -4.49. The Labute approximate surface area is 275 Å². The molecule has 0 saturated heterocycles. The lowest BCUT2D eigenvalue weighted by Gasteiger charge is -2.23. The average molecular weight is 652 g/mol. The maximum atomic E-state index is 13.4. The average Bonchev–Trinajstić information content (AvgIpc) is 2.92. The molecule has 7 nitrogen and oxygen atoms in total. The number of amides is 1. The van der Waals surface area contributed by atoms with Crippen molar-refractivity contribution in [3.05, 3.63) is 88.0 Å². The summed E-state index contributed by atoms with van der Waals surface area (Å²) in [5.74, 6) is 0.0943. The van der Waals surface area contributed by atoms with E-state index in [9.17, 15) is 13.2 Å². The van der Waals surface area contributed by atoms with Gasteiger partial charge in [-0.25, -0.2) is 4.72 Å². The van der Waals surface area contributed by atoms with E-state index in [2.05, 4.69) is 69.0 Å². The van der Waals surface area contributed by atoms with Gasteiger partial charge >= 0.3 is 10.3 Å². The zero-order valence-electron chi connectivity index (χ0n) is 28.2. The van der Waals surface area contributed by atoms with Crippen LogP contribution in [-0.2, 0) is 21.5 Å². The van der Waals surface area contributed by atoms with Gasteiger partial charge in [-0.2, -0.15) is 8.42 Å². The van der Waals surface area contributed by atoms with Gasteiger partial charge in [-0.05, 0) is 88.3 Å². The quantitative estimate of drug-likeness (QED) is 0.168. The Morgan fingerprint density at radius 2 is 1.16 bits per heavy atom. The number of thiocarbonyl (C=S) groups is 1. The van der Waals surface area contributed by atoms with Crippen molar-refractivity contribution in [2.45, 2.75) is 105 Å². The van der Waals surface area contributed by atoms with E-state index in [-0.39, 0.29) is 35.8 Å². The molecule has 1 amide bonds. The van der Waals surface area contributed by atoms with Gasteiger partial charge in [0.2, 0.25) is 5.91 Å². The summed E-state index contributed by atoms with van der Waals surface area (Å²) in [5, 5.41) is 6.78. The molecule has 244 valence electrons. The number of carbonyl (C=O) groups excluding carboxylic acids is 1. The van der Waals surface area contributed by atoms with Crippen molar-refractivity contribution in [2.75, 3.05) is 10.6 Å². The fourth-order valence-corrected chi connectivity index (χ4v) is 6.33. The summed E-state index contributed by atoms with van der Waals surface area (Å²) in [7, 11) is -4.49. The molecule has 3 aromatic rings. The third kappa shape index (κ3) is 9.78. The molecule has 45 heavy (non-hydrogen) atoms. The maximum absolute atomic E-state index is 13.4. The fraction of sp³-hybridized carbons (Fsp3) is 0.444. The normalized spacial score (nSPS) is 11.9. The molecule has 0 atom stereocenters. The largest absolute Gasteiger partial charge is 0.409 e. The van der Waals surface area contributed by atoms with Gasteiger partial charge < -0.3 is 14.8 Å². The Kier molecular flexibility index (Phi) is 12.2. The first kappa shape index (κ1) is 36.0. The topological polar surface area (TPSA) is 96.5 Å². The van der Waals surface area contributed by atoms with Crippen LogP contribution in [0.3, 0.4) is 0 Å². The molecule has 9 heteroatoms. The van der Waals surface area contributed by atoms with Gasteiger partial charge in [-0.3, -0.25) is 4.79 Å². The second-order valence-corrected chi connectivity index (χ2v) is 14.8. The monoisotopic (exact) mass is 651 g/mol. The Morgan fingerprint density at radius 3 is 1.60 bits per heavy atom. The van der Waals surface area contributed by atoms with Crippen LogP contribution in [0.2, 0.25) is 0 Å². The Balaban J connectivity index is 1.91. The van der Waals surface area contributed by atoms with Crippen LogP contribution in [0.5, 0.6) is 5.75 Å². The molecule has 0 aliphatic heterocycles. The smallest absolute Gasteiger partial charge is 0.366 e. The predicted molar refractivity (Wildman–Crippen MR) is 191 cm³/mol. The molecule has 0 fully saturated rings. The number of nitrogens with one attached hydrogen (secondary N) is 3. The third-order valence-corrected chi connectivity index (χ3v) is 8.77. The van der Waals surface area contributed by atoms with Crippen LogP contribution in [0.1, 0.15) is 132 Å². The molecule has 3 rings (SSSR count). The summed E-state index contributed by atoms with van der Waals surface area (Å²) in [6.07, 6.45) is -0.0647. The highest BCUT2D eigenvalue weighted by Gasteiger charge is 2.26. The van der Waals surface area contributed by atoms with E-state index >= 15 is 0 Å². The van der Waals surface area contributed by atoms with Crippen LogP contribution in [0.25, 0.3) is 0 Å². The van der Waals surface area contributed by atoms with E-state index in [1.54, 1.807) is 0 Å². The number of hydrogen-bond donors (Lipinski definition) is 3. The minimum Gasteiger partial charge on any atom is -0.366 e. The fourth-order valence-electron chi connectivity index (χ4n) is 5.29. The van der Waals surface area contributed by atoms with Gasteiger partial charge in [0, 0.05) is 22.5 Å². The van der Waals surface area contributed by atoms with Crippen LogP contribution in [-0.4, -0.2) is 19.4 Å².